The van der Waals surface area contributed by atoms with Crippen molar-refractivity contribution in [2.75, 3.05) is 24.3 Å². The summed E-state index contributed by atoms with van der Waals surface area (Å²) in [5.41, 5.74) is 4.47. The second-order valence-electron chi connectivity index (χ2n) is 8.01. The summed E-state index contributed by atoms with van der Waals surface area (Å²) in [5.74, 6) is 1.63. The predicted octanol–water partition coefficient (Wildman–Crippen LogP) is 5.89. The van der Waals surface area contributed by atoms with E-state index in [0.717, 1.165) is 33.6 Å². The van der Waals surface area contributed by atoms with Gasteiger partial charge in [-0.25, -0.2) is 9.97 Å². The van der Waals surface area contributed by atoms with Gasteiger partial charge in [-0.3, -0.25) is 10.3 Å². The minimum atomic E-state index is 0.298. The first-order chi connectivity index (χ1) is 17.3. The largest absolute Gasteiger partial charge is 0.497 e. The van der Waals surface area contributed by atoms with Gasteiger partial charge in [-0.2, -0.15) is 0 Å². The number of nitrogens with one attached hydrogen (secondary N) is 4. The van der Waals surface area contributed by atoms with Crippen LogP contribution in [0.25, 0.3) is 10.9 Å². The van der Waals surface area contributed by atoms with Crippen LogP contribution in [-0.2, 0) is 6.42 Å². The minimum absolute atomic E-state index is 0.298. The fourth-order valence-corrected chi connectivity index (χ4v) is 4.29. The highest BCUT2D eigenvalue weighted by Gasteiger charge is 2.10. The molecule has 0 bridgehead atoms. The van der Waals surface area contributed by atoms with Crippen LogP contribution < -0.4 is 20.7 Å². The minimum Gasteiger partial charge on any atom is -0.497 e. The number of benzene rings is 2. The predicted molar refractivity (Wildman–Crippen MR) is 152 cm³/mol. The molecule has 8 nitrogen and oxygen atoms in total. The molecule has 0 atom stereocenters. The Bertz CT molecular complexity index is 1420. The Kier molecular flexibility index (Phi) is 8.25. The van der Waals surface area contributed by atoms with Crippen molar-refractivity contribution in [1.29, 1.82) is 0 Å². The van der Waals surface area contributed by atoms with Crippen molar-refractivity contribution in [2.45, 2.75) is 20.3 Å². The molecule has 0 radical (unpaired) electrons. The number of thiocarbonyl (C=S) groups is 1. The number of hydrogen-bond acceptors (Lipinski definition) is 5. The third kappa shape index (κ3) is 6.63. The maximum Gasteiger partial charge on any atom is 0.229 e. The Labute approximate surface area is 224 Å². The fourth-order valence-electron chi connectivity index (χ4n) is 3.63. The van der Waals surface area contributed by atoms with Gasteiger partial charge < -0.3 is 20.4 Å². The van der Waals surface area contributed by atoms with E-state index >= 15 is 0 Å². The number of nitrogens with zero attached hydrogens (tertiary/aromatic N) is 3. The number of rotatable bonds is 6. The number of aliphatic imine (C=N–C) groups is 1. The molecule has 0 saturated carbocycles. The number of halogens is 2. The highest BCUT2D eigenvalue weighted by molar-refractivity contribution is 7.80. The Balaban J connectivity index is 1.52. The molecule has 36 heavy (non-hydrogen) atoms. The molecule has 0 fully saturated rings. The SMILES string of the molecule is COc1ccc2[nH]cc(CCN=C(NC(=S)Nc3ccc(Cl)cc3Cl)Nc3nc(C)cc(C)n3)c2c1. The van der Waals surface area contributed by atoms with E-state index in [1.807, 2.05) is 44.3 Å². The second-order valence-corrected chi connectivity index (χ2v) is 9.26. The highest BCUT2D eigenvalue weighted by Crippen LogP contribution is 2.25. The van der Waals surface area contributed by atoms with Crippen molar-refractivity contribution in [3.8, 4) is 5.75 Å². The number of methoxy groups -OCH3 is 1. The van der Waals surface area contributed by atoms with Crippen molar-refractivity contribution >= 4 is 69.0 Å². The lowest BCUT2D eigenvalue weighted by atomic mass is 10.1. The molecule has 0 amide bonds. The van der Waals surface area contributed by atoms with E-state index in [2.05, 4.69) is 30.9 Å². The summed E-state index contributed by atoms with van der Waals surface area (Å²) >= 11 is 17.8. The zero-order chi connectivity index (χ0) is 25.7. The third-order valence-electron chi connectivity index (χ3n) is 5.25. The maximum atomic E-state index is 6.27. The molecule has 186 valence electrons. The summed E-state index contributed by atoms with van der Waals surface area (Å²) < 4.78 is 5.37. The van der Waals surface area contributed by atoms with Crippen molar-refractivity contribution in [3.63, 3.8) is 0 Å². The number of guanidine groups is 1. The Morgan fingerprint density at radius 2 is 1.83 bits per heavy atom. The molecule has 0 aliphatic carbocycles. The molecule has 4 aromatic rings. The number of aryl methyl sites for hydroxylation is 2. The first-order valence-corrected chi connectivity index (χ1v) is 12.3. The van der Waals surface area contributed by atoms with Gasteiger partial charge in [-0.15, -0.1) is 0 Å². The molecule has 0 aliphatic rings. The number of anilines is 2. The van der Waals surface area contributed by atoms with E-state index in [1.54, 1.807) is 25.3 Å². The molecule has 0 unspecified atom stereocenters. The average molecular weight is 542 g/mol. The van der Waals surface area contributed by atoms with Crippen LogP contribution in [0, 0.1) is 13.8 Å². The van der Waals surface area contributed by atoms with Crippen LogP contribution in [-0.4, -0.2) is 39.7 Å². The van der Waals surface area contributed by atoms with Gasteiger partial charge in [-0.1, -0.05) is 23.2 Å². The van der Waals surface area contributed by atoms with E-state index in [9.17, 15) is 0 Å². The zero-order valence-electron chi connectivity index (χ0n) is 19.9. The lowest BCUT2D eigenvalue weighted by Crippen LogP contribution is -2.39. The van der Waals surface area contributed by atoms with Crippen LogP contribution >= 0.6 is 35.4 Å². The molecule has 0 aliphatic heterocycles. The smallest absolute Gasteiger partial charge is 0.229 e. The summed E-state index contributed by atoms with van der Waals surface area (Å²) in [7, 11) is 1.66. The average Bonchev–Trinajstić information content (AvgIpc) is 3.22. The number of aromatic nitrogens is 3. The monoisotopic (exact) mass is 541 g/mol. The third-order valence-corrected chi connectivity index (χ3v) is 6.00. The summed E-state index contributed by atoms with van der Waals surface area (Å²) in [5, 5.41) is 11.7. The van der Waals surface area contributed by atoms with E-state index in [0.29, 0.717) is 45.7 Å². The highest BCUT2D eigenvalue weighted by atomic mass is 35.5. The summed E-state index contributed by atoms with van der Waals surface area (Å²) in [6.45, 7) is 4.29. The molecule has 0 saturated heterocycles. The van der Waals surface area contributed by atoms with Crippen LogP contribution in [0.5, 0.6) is 5.75 Å². The van der Waals surface area contributed by atoms with Gasteiger partial charge in [0, 0.05) is 40.1 Å². The van der Waals surface area contributed by atoms with Gasteiger partial charge in [0.05, 0.1) is 17.8 Å². The molecular weight excluding hydrogens is 517 g/mol. The number of ether oxygens (including phenoxy) is 1. The molecule has 2 aromatic heterocycles. The molecular formula is C25H25Cl2N7OS. The normalized spacial score (nSPS) is 11.4. The van der Waals surface area contributed by atoms with Gasteiger partial charge in [0.15, 0.2) is 5.11 Å². The molecule has 4 N–H and O–H groups in total. The van der Waals surface area contributed by atoms with Crippen LogP contribution in [0.3, 0.4) is 0 Å². The maximum absolute atomic E-state index is 6.27. The Morgan fingerprint density at radius 3 is 2.56 bits per heavy atom. The van der Waals surface area contributed by atoms with Gasteiger partial charge in [0.25, 0.3) is 0 Å². The topological polar surface area (TPSA) is 99.2 Å². The van der Waals surface area contributed by atoms with Crippen molar-refractivity contribution in [2.24, 2.45) is 4.99 Å². The fraction of sp³-hybridized carbons (Fsp3) is 0.200. The van der Waals surface area contributed by atoms with Crippen LogP contribution in [0.1, 0.15) is 17.0 Å². The standard InChI is InChI=1S/C25H25Cl2N7OS/c1-14-10-15(2)31-24(30-14)33-23(34-25(36)32-22-6-4-17(26)11-20(22)27)28-9-8-16-13-29-21-7-5-18(35-3)12-19(16)21/h4-7,10-13,29H,8-9H2,1-3H3,(H3,28,30,31,32,33,34,36). The number of fused-ring (bicyclic) bond motifs is 1. The molecule has 0 spiro atoms. The quantitative estimate of drug-likeness (QED) is 0.137. The van der Waals surface area contributed by atoms with E-state index in [-0.39, 0.29) is 0 Å². The van der Waals surface area contributed by atoms with Gasteiger partial charge in [0.1, 0.15) is 5.75 Å². The number of H-pyrrole nitrogens is 1. The van der Waals surface area contributed by atoms with Crippen LogP contribution in [0.4, 0.5) is 11.6 Å². The molecule has 11 heteroatoms. The van der Waals surface area contributed by atoms with Crippen LogP contribution in [0.15, 0.2) is 53.7 Å². The van der Waals surface area contributed by atoms with Crippen molar-refractivity contribution in [1.82, 2.24) is 20.3 Å². The van der Waals surface area contributed by atoms with E-state index < -0.39 is 0 Å². The second kappa shape index (κ2) is 11.6. The first-order valence-electron chi connectivity index (χ1n) is 11.1. The first kappa shape index (κ1) is 25.7. The van der Waals surface area contributed by atoms with Crippen LogP contribution in [0.2, 0.25) is 10.0 Å². The Hall–Kier alpha value is -3.40. The summed E-state index contributed by atoms with van der Waals surface area (Å²) in [4.78, 5) is 16.9. The van der Waals surface area contributed by atoms with Gasteiger partial charge in [0.2, 0.25) is 11.9 Å². The molecule has 2 aromatic carbocycles. The molecule has 4 rings (SSSR count). The zero-order valence-corrected chi connectivity index (χ0v) is 22.3. The van der Waals surface area contributed by atoms with Gasteiger partial charge in [-0.05, 0) is 80.5 Å². The molecule has 2 heterocycles. The van der Waals surface area contributed by atoms with Crippen molar-refractivity contribution in [3.05, 3.63) is 75.7 Å². The Morgan fingerprint density at radius 1 is 1.06 bits per heavy atom. The lowest BCUT2D eigenvalue weighted by molar-refractivity contribution is 0.415. The number of hydrogen-bond donors (Lipinski definition) is 4. The van der Waals surface area contributed by atoms with Crippen molar-refractivity contribution < 1.29 is 4.74 Å². The van der Waals surface area contributed by atoms with E-state index in [4.69, 9.17) is 45.1 Å². The summed E-state index contributed by atoms with van der Waals surface area (Å²) in [6, 6.07) is 13.0. The van der Waals surface area contributed by atoms with Gasteiger partial charge >= 0.3 is 0 Å². The summed E-state index contributed by atoms with van der Waals surface area (Å²) in [6.07, 6.45) is 2.68. The lowest BCUT2D eigenvalue weighted by Gasteiger charge is -2.15. The van der Waals surface area contributed by atoms with E-state index in [1.165, 1.54) is 0 Å². The number of aromatic amines is 1.